The van der Waals surface area contributed by atoms with Crippen molar-refractivity contribution in [1.29, 1.82) is 5.26 Å². The average molecular weight is 332 g/mol. The lowest BCUT2D eigenvalue weighted by Gasteiger charge is -2.27. The molecule has 8 heteroatoms. The van der Waals surface area contributed by atoms with Crippen molar-refractivity contribution in [2.24, 2.45) is 0 Å². The fourth-order valence-corrected chi connectivity index (χ4v) is 3.45. The highest BCUT2D eigenvalue weighted by atomic mass is 35.5. The number of rotatable bonds is 6. The summed E-state index contributed by atoms with van der Waals surface area (Å²) >= 11 is 5.78. The highest BCUT2D eigenvalue weighted by Crippen LogP contribution is 2.20. The molecule has 0 heterocycles. The van der Waals surface area contributed by atoms with Crippen molar-refractivity contribution in [2.45, 2.75) is 17.4 Å². The molecule has 0 fully saturated rings. The summed E-state index contributed by atoms with van der Waals surface area (Å²) in [4.78, 5) is 1.55. The third-order valence-corrected chi connectivity index (χ3v) is 4.33. The first-order valence-electron chi connectivity index (χ1n) is 6.14. The molecule has 0 saturated heterocycles. The Labute approximate surface area is 130 Å². The lowest BCUT2D eigenvalue weighted by molar-refractivity contribution is 0.0386. The first-order valence-corrected chi connectivity index (χ1v) is 8.00. The first kappa shape index (κ1) is 17.9. The van der Waals surface area contributed by atoms with E-state index in [0.29, 0.717) is 0 Å². The van der Waals surface area contributed by atoms with Crippen LogP contribution in [-0.4, -0.2) is 51.2 Å². The number of halogens is 1. The van der Waals surface area contributed by atoms with Crippen LogP contribution >= 0.6 is 11.6 Å². The van der Waals surface area contributed by atoms with Gasteiger partial charge in [0.05, 0.1) is 11.2 Å². The zero-order valence-corrected chi connectivity index (χ0v) is 13.7. The van der Waals surface area contributed by atoms with E-state index in [2.05, 4.69) is 4.72 Å². The summed E-state index contributed by atoms with van der Waals surface area (Å²) in [5.74, 6) is 0. The number of aliphatic hydroxyl groups is 1. The van der Waals surface area contributed by atoms with E-state index in [0.717, 1.165) is 0 Å². The Morgan fingerprint density at radius 1 is 1.48 bits per heavy atom. The third-order valence-electron chi connectivity index (χ3n) is 2.65. The van der Waals surface area contributed by atoms with Crippen molar-refractivity contribution in [3.8, 4) is 6.07 Å². The van der Waals surface area contributed by atoms with Crippen LogP contribution in [0.1, 0.15) is 12.5 Å². The van der Waals surface area contributed by atoms with E-state index < -0.39 is 15.6 Å². The largest absolute Gasteiger partial charge is 0.387 e. The first-order chi connectivity index (χ1) is 9.57. The fourth-order valence-electron chi connectivity index (χ4n) is 1.88. The number of benzene rings is 1. The molecular formula is C13H18ClN3O3S. The second-order valence-electron chi connectivity index (χ2n) is 5.31. The van der Waals surface area contributed by atoms with Gasteiger partial charge in [-0.05, 0) is 39.2 Å². The van der Waals surface area contributed by atoms with Gasteiger partial charge in [0.15, 0.2) is 0 Å². The van der Waals surface area contributed by atoms with Gasteiger partial charge in [0.1, 0.15) is 11.0 Å². The molecule has 1 rings (SSSR count). The summed E-state index contributed by atoms with van der Waals surface area (Å²) in [6.07, 6.45) is 0. The number of likely N-dealkylation sites (N-methyl/N-ethyl adjacent to an activating group) is 1. The van der Waals surface area contributed by atoms with Crippen LogP contribution in [0.2, 0.25) is 5.02 Å². The Kier molecular flexibility index (Phi) is 5.73. The second kappa shape index (κ2) is 6.73. The summed E-state index contributed by atoms with van der Waals surface area (Å²) in [5.41, 5.74) is -1.23. The maximum atomic E-state index is 12.3. The summed E-state index contributed by atoms with van der Waals surface area (Å²) < 4.78 is 26.8. The van der Waals surface area contributed by atoms with Gasteiger partial charge >= 0.3 is 0 Å². The highest BCUT2D eigenvalue weighted by Gasteiger charge is 2.26. The standard InChI is InChI=1S/C13H18ClN3O3S/c1-13(18,9-17(2)3)8-16-21(19,20)12-6-11(14)5-4-10(12)7-15/h4-6,16,18H,8-9H2,1-3H3. The van der Waals surface area contributed by atoms with Gasteiger partial charge in [0.2, 0.25) is 10.0 Å². The maximum Gasteiger partial charge on any atom is 0.242 e. The van der Waals surface area contributed by atoms with Gasteiger partial charge in [0.25, 0.3) is 0 Å². The summed E-state index contributed by atoms with van der Waals surface area (Å²) in [7, 11) is -0.387. The molecule has 116 valence electrons. The molecule has 1 aromatic carbocycles. The van der Waals surface area contributed by atoms with E-state index >= 15 is 0 Å². The van der Waals surface area contributed by atoms with Gasteiger partial charge in [0, 0.05) is 18.1 Å². The van der Waals surface area contributed by atoms with E-state index in [4.69, 9.17) is 16.9 Å². The Balaban J connectivity index is 2.98. The molecule has 0 aromatic heterocycles. The van der Waals surface area contributed by atoms with E-state index in [-0.39, 0.29) is 28.6 Å². The van der Waals surface area contributed by atoms with Crippen molar-refractivity contribution >= 4 is 21.6 Å². The lowest BCUT2D eigenvalue weighted by atomic mass is 10.1. The fraction of sp³-hybridized carbons (Fsp3) is 0.462. The summed E-state index contributed by atoms with van der Waals surface area (Å²) in [5, 5.41) is 19.3. The molecule has 0 spiro atoms. The topological polar surface area (TPSA) is 93.4 Å². The number of sulfonamides is 1. The molecule has 0 saturated carbocycles. The lowest BCUT2D eigenvalue weighted by Crippen LogP contribution is -2.47. The van der Waals surface area contributed by atoms with Crippen LogP contribution in [0, 0.1) is 11.3 Å². The molecule has 21 heavy (non-hydrogen) atoms. The minimum Gasteiger partial charge on any atom is -0.387 e. The smallest absolute Gasteiger partial charge is 0.242 e. The van der Waals surface area contributed by atoms with Gasteiger partial charge in [-0.1, -0.05) is 11.6 Å². The van der Waals surface area contributed by atoms with E-state index in [9.17, 15) is 13.5 Å². The molecule has 0 aliphatic rings. The molecule has 0 radical (unpaired) electrons. The minimum atomic E-state index is -3.93. The van der Waals surface area contributed by atoms with Crippen LogP contribution in [0.4, 0.5) is 0 Å². The molecule has 0 aliphatic heterocycles. The summed E-state index contributed by atoms with van der Waals surface area (Å²) in [6.45, 7) is 1.64. The van der Waals surface area contributed by atoms with Crippen molar-refractivity contribution in [3.63, 3.8) is 0 Å². The molecule has 0 bridgehead atoms. The summed E-state index contributed by atoms with van der Waals surface area (Å²) in [6, 6.07) is 5.81. The Bertz CT molecular complexity index is 651. The number of nitriles is 1. The molecular weight excluding hydrogens is 314 g/mol. The van der Waals surface area contributed by atoms with Crippen molar-refractivity contribution in [1.82, 2.24) is 9.62 Å². The molecule has 2 N–H and O–H groups in total. The third kappa shape index (κ3) is 5.26. The number of hydrogen-bond acceptors (Lipinski definition) is 5. The van der Waals surface area contributed by atoms with E-state index in [1.807, 2.05) is 6.07 Å². The number of nitrogens with zero attached hydrogens (tertiary/aromatic N) is 2. The van der Waals surface area contributed by atoms with Gasteiger partial charge < -0.3 is 10.0 Å². The van der Waals surface area contributed by atoms with Crippen LogP contribution in [0.15, 0.2) is 23.1 Å². The van der Waals surface area contributed by atoms with Gasteiger partial charge in [-0.15, -0.1) is 0 Å². The zero-order valence-electron chi connectivity index (χ0n) is 12.1. The predicted molar refractivity (Wildman–Crippen MR) is 80.5 cm³/mol. The van der Waals surface area contributed by atoms with E-state index in [1.54, 1.807) is 19.0 Å². The van der Waals surface area contributed by atoms with Crippen LogP contribution < -0.4 is 4.72 Å². The Morgan fingerprint density at radius 3 is 2.62 bits per heavy atom. The SMILES string of the molecule is CN(C)CC(C)(O)CNS(=O)(=O)c1cc(Cl)ccc1C#N. The molecule has 0 aliphatic carbocycles. The quantitative estimate of drug-likeness (QED) is 0.804. The molecule has 0 amide bonds. The second-order valence-corrected chi connectivity index (χ2v) is 7.48. The molecule has 1 unspecified atom stereocenters. The maximum absolute atomic E-state index is 12.3. The van der Waals surface area contributed by atoms with Crippen molar-refractivity contribution < 1.29 is 13.5 Å². The zero-order chi connectivity index (χ0) is 16.3. The normalized spacial score (nSPS) is 14.7. The molecule has 1 atom stereocenters. The Morgan fingerprint density at radius 2 is 2.10 bits per heavy atom. The van der Waals surface area contributed by atoms with E-state index in [1.165, 1.54) is 25.1 Å². The van der Waals surface area contributed by atoms with Gasteiger partial charge in [-0.25, -0.2) is 13.1 Å². The molecule has 1 aromatic rings. The molecule has 6 nitrogen and oxygen atoms in total. The van der Waals surface area contributed by atoms with Crippen molar-refractivity contribution in [2.75, 3.05) is 27.2 Å². The Hall–Kier alpha value is -1.17. The van der Waals surface area contributed by atoms with Crippen LogP contribution in [0.25, 0.3) is 0 Å². The minimum absolute atomic E-state index is 0.000785. The number of hydrogen-bond donors (Lipinski definition) is 2. The van der Waals surface area contributed by atoms with Crippen molar-refractivity contribution in [3.05, 3.63) is 28.8 Å². The van der Waals surface area contributed by atoms with Crippen LogP contribution in [-0.2, 0) is 10.0 Å². The van der Waals surface area contributed by atoms with Crippen LogP contribution in [0.5, 0.6) is 0 Å². The van der Waals surface area contributed by atoms with Gasteiger partial charge in [-0.2, -0.15) is 5.26 Å². The predicted octanol–water partition coefficient (Wildman–Crippen LogP) is 0.803. The number of nitrogens with one attached hydrogen (secondary N) is 1. The highest BCUT2D eigenvalue weighted by molar-refractivity contribution is 7.89. The van der Waals surface area contributed by atoms with Gasteiger partial charge in [-0.3, -0.25) is 0 Å². The monoisotopic (exact) mass is 331 g/mol. The van der Waals surface area contributed by atoms with Crippen LogP contribution in [0.3, 0.4) is 0 Å². The average Bonchev–Trinajstić information content (AvgIpc) is 2.35.